The largest absolute Gasteiger partial charge is 1.00 e. The van der Waals surface area contributed by atoms with Crippen LogP contribution >= 0.6 is 9.90 Å². The fourth-order valence-corrected chi connectivity index (χ4v) is 10.2. The van der Waals surface area contributed by atoms with Gasteiger partial charge in [-0.15, -0.1) is 0 Å². The number of hydrogen-bond acceptors (Lipinski definition) is 18. The van der Waals surface area contributed by atoms with Crippen molar-refractivity contribution < 1.29 is 123 Å². The number of alkyl halides is 4. The van der Waals surface area contributed by atoms with Crippen molar-refractivity contribution in [2.45, 2.75) is 162 Å². The monoisotopic (exact) mass is 1360 g/mol. The maximum Gasteiger partial charge on any atom is 1.00 e. The van der Waals surface area contributed by atoms with E-state index in [1.54, 1.807) is 72.7 Å². The molecular formula is C60H78F4LiN12O14PV. The van der Waals surface area contributed by atoms with Gasteiger partial charge in [0.25, 0.3) is 24.7 Å². The van der Waals surface area contributed by atoms with Crippen LogP contribution in [-0.4, -0.2) is 122 Å². The van der Waals surface area contributed by atoms with Gasteiger partial charge in [0.2, 0.25) is 11.8 Å². The Labute approximate surface area is 561 Å². The molecule has 1 unspecified atom stereocenters. The van der Waals surface area contributed by atoms with Crippen LogP contribution in [0.25, 0.3) is 22.9 Å². The number of esters is 1. The Bertz CT molecular complexity index is 3480. The standard InChI is InChI=1S/C31H38F2N6O6.C29H34F2N6O6.Li.2H2O.H3P.V/c1-5-43-29(41)19-8-10-21(11-9-19)39-16-22(25(37-39)26(32)33)35-27(40)23-17-44-28(36-23)20-12-13-34-24(14-20)38(15-18-6-7-18)30(42)45-31(2,3)4;1-29(2,3)43-28(41)36(13-16-4-5-16)22-12-18(10-11-32-22)26-34-21(15-42-26)25(38)33-20-14-37(35-23(20)24(30)31)19-8-6-17(7-9-19)27(39)40;;;;;/h12-14,16-19,21,26H,5-11,15H2,1-4H3,(H,35,40);10-12,14-17,19,24H,4-9,13H2,1-3H3,(H,33,38)(H,39,40);;2*1H2;1H3;/q;;+1;;;;/p-1. The summed E-state index contributed by atoms with van der Waals surface area (Å²) in [6, 6.07) is 6.01. The summed E-state index contributed by atoms with van der Waals surface area (Å²) in [5, 5.41) is 22.2. The van der Waals surface area contributed by atoms with Crippen LogP contribution < -0.4 is 39.3 Å². The Kier molecular flexibility index (Phi) is 28.4. The molecule has 4 aliphatic carbocycles. The van der Waals surface area contributed by atoms with Gasteiger partial charge in [0.1, 0.15) is 35.4 Å². The summed E-state index contributed by atoms with van der Waals surface area (Å²) in [4.78, 5) is 95.5. The van der Waals surface area contributed by atoms with E-state index in [1.165, 1.54) is 44.0 Å². The number of carbonyl (C=O) groups excluding carboxylic acids is 5. The molecule has 6 N–H and O–H groups in total. The zero-order chi connectivity index (χ0) is 63.2. The number of aliphatic carboxylic acids is 1. The van der Waals surface area contributed by atoms with Crippen LogP contribution in [0.3, 0.4) is 0 Å². The molecule has 33 heteroatoms. The van der Waals surface area contributed by atoms with Gasteiger partial charge >= 0.3 is 43.0 Å². The van der Waals surface area contributed by atoms with Gasteiger partial charge in [0, 0.05) is 67.6 Å². The van der Waals surface area contributed by atoms with E-state index in [-0.39, 0.29) is 117 Å². The Hall–Kier alpha value is -7.19. The van der Waals surface area contributed by atoms with Crippen LogP contribution in [0.4, 0.5) is 50.2 Å². The summed E-state index contributed by atoms with van der Waals surface area (Å²) in [6.45, 7) is 13.7. The Morgan fingerprint density at radius 2 is 1.02 bits per heavy atom. The molecule has 6 heterocycles. The third kappa shape index (κ3) is 21.2. The molecule has 0 aromatic carbocycles. The predicted octanol–water partition coefficient (Wildman–Crippen LogP) is 8.72. The number of hydrogen-bond donors (Lipinski definition) is 3. The number of nitrogens with zero attached hydrogens (tertiary/aromatic N) is 10. The molecule has 93 heavy (non-hydrogen) atoms. The second-order valence-corrected chi connectivity index (χ2v) is 24.4. The number of aromatic nitrogens is 8. The number of ether oxygens (including phenoxy) is 3. The molecule has 0 saturated heterocycles. The number of halogens is 4. The molecule has 1 atom stereocenters. The molecule has 0 aliphatic heterocycles. The molecule has 26 nitrogen and oxygen atoms in total. The average molecular weight is 1360 g/mol. The number of oxazole rings is 2. The molecule has 4 saturated carbocycles. The van der Waals surface area contributed by atoms with E-state index in [2.05, 4.69) is 40.8 Å². The molecule has 6 aromatic rings. The van der Waals surface area contributed by atoms with Crippen molar-refractivity contribution in [1.29, 1.82) is 0 Å². The Morgan fingerprint density at radius 3 is 1.35 bits per heavy atom. The summed E-state index contributed by atoms with van der Waals surface area (Å²) in [7, 11) is 0. The summed E-state index contributed by atoms with van der Waals surface area (Å²) in [5.41, 5.74) is -2.19. The van der Waals surface area contributed by atoms with Crippen LogP contribution in [0.5, 0.6) is 0 Å². The Morgan fingerprint density at radius 1 is 0.645 bits per heavy atom. The number of nitrogens with one attached hydrogen (secondary N) is 2. The van der Waals surface area contributed by atoms with E-state index >= 15 is 0 Å². The minimum atomic E-state index is -2.95. The molecule has 501 valence electrons. The first-order valence-corrected chi connectivity index (χ1v) is 29.4. The summed E-state index contributed by atoms with van der Waals surface area (Å²) >= 11 is 0. The van der Waals surface area contributed by atoms with Crippen LogP contribution in [-0.2, 0) is 42.4 Å². The van der Waals surface area contributed by atoms with Gasteiger partial charge in [-0.3, -0.25) is 38.3 Å². The quantitative estimate of drug-likeness (QED) is 0.0224. The van der Waals surface area contributed by atoms with E-state index < -0.39 is 71.3 Å². The van der Waals surface area contributed by atoms with E-state index in [0.29, 0.717) is 106 Å². The summed E-state index contributed by atoms with van der Waals surface area (Å²) < 4.78 is 85.6. The topological polar surface area (TPSA) is 356 Å². The van der Waals surface area contributed by atoms with Crippen molar-refractivity contribution >= 4 is 68.8 Å². The second kappa shape index (κ2) is 33.8. The van der Waals surface area contributed by atoms with Gasteiger partial charge < -0.3 is 49.7 Å². The van der Waals surface area contributed by atoms with Crippen molar-refractivity contribution in [1.82, 2.24) is 39.5 Å². The first-order valence-electron chi connectivity index (χ1n) is 29.4. The van der Waals surface area contributed by atoms with Gasteiger partial charge in [-0.1, -0.05) is 0 Å². The van der Waals surface area contributed by atoms with Gasteiger partial charge in [0.15, 0.2) is 22.8 Å². The number of rotatable bonds is 19. The maximum atomic E-state index is 13.9. The number of carboxylic acid groups (broad SMARTS) is 1. The van der Waals surface area contributed by atoms with Gasteiger partial charge in [-0.25, -0.2) is 47.1 Å². The van der Waals surface area contributed by atoms with Crippen molar-refractivity contribution in [3.05, 3.63) is 84.4 Å². The minimum absolute atomic E-state index is 0. The number of carbonyl (C=O) groups is 6. The molecule has 4 fully saturated rings. The molecule has 10 rings (SSSR count). The third-order valence-electron chi connectivity index (χ3n) is 15.1. The minimum Gasteiger partial charge on any atom is -0.870 e. The predicted molar refractivity (Wildman–Crippen MR) is 325 cm³/mol. The molecule has 4 aliphatic rings. The van der Waals surface area contributed by atoms with E-state index in [4.69, 9.17) is 23.0 Å². The molecular weight excluding hydrogens is 1280 g/mol. The van der Waals surface area contributed by atoms with Gasteiger partial charge in [0.05, 0.1) is 41.9 Å². The number of anilines is 4. The van der Waals surface area contributed by atoms with Crippen molar-refractivity contribution in [2.75, 3.05) is 40.1 Å². The van der Waals surface area contributed by atoms with Crippen LogP contribution in [0.2, 0.25) is 0 Å². The number of pyridine rings is 2. The van der Waals surface area contributed by atoms with Crippen molar-refractivity contribution in [2.24, 2.45) is 23.7 Å². The van der Waals surface area contributed by atoms with E-state index in [0.717, 1.165) is 38.2 Å². The van der Waals surface area contributed by atoms with Crippen LogP contribution in [0.15, 0.2) is 70.4 Å². The van der Waals surface area contributed by atoms with Gasteiger partial charge in [-0.2, -0.15) is 20.1 Å². The Balaban J connectivity index is 0.000000376. The SMILES string of the molecule is CC(C)(C)OC(=O)N(CC1CC1)c1cc(-c2nc(C(=O)Nc3cn(C4CCC(C(=O)O)CC4)nc3C(F)F)co2)ccn1.CCOC(=O)C1CCC(n2cc(NC(=O)c3coc(-c4ccnc(N(CC5CC5)C(=O)OC(C)(C)C)c4)n3)c(C(F)F)n2)CC1.O.P.[Li+].[OH-].[V]. The molecule has 0 spiro atoms. The fraction of sp³-hybridized carbons (Fsp3) is 0.533. The van der Waals surface area contributed by atoms with E-state index in [1.807, 2.05) is 0 Å². The fourth-order valence-electron chi connectivity index (χ4n) is 10.2. The zero-order valence-corrected chi connectivity index (χ0v) is 55.8. The molecule has 4 amide bonds. The molecule has 0 bridgehead atoms. The maximum absolute atomic E-state index is 13.9. The average Bonchev–Trinajstić information content (AvgIpc) is 1.80. The number of carboxylic acids is 1. The first-order chi connectivity index (χ1) is 41.8. The number of amides is 4. The van der Waals surface area contributed by atoms with Crippen LogP contribution in [0, 0.1) is 23.7 Å². The molecule has 1 radical (unpaired) electrons. The first kappa shape index (κ1) is 78.3. The summed E-state index contributed by atoms with van der Waals surface area (Å²) in [5.74, 6) is -1.75. The molecule has 6 aromatic heterocycles. The summed E-state index contributed by atoms with van der Waals surface area (Å²) in [6.07, 6.45) is 9.11. The van der Waals surface area contributed by atoms with Crippen molar-refractivity contribution in [3.8, 4) is 22.9 Å². The van der Waals surface area contributed by atoms with Crippen LogP contribution in [0.1, 0.15) is 183 Å². The van der Waals surface area contributed by atoms with Crippen molar-refractivity contribution in [3.63, 3.8) is 0 Å². The third-order valence-corrected chi connectivity index (χ3v) is 15.1. The zero-order valence-electron chi connectivity index (χ0n) is 53.0. The van der Waals surface area contributed by atoms with Gasteiger partial charge in [-0.05, 0) is 162 Å². The smallest absolute Gasteiger partial charge is 0.870 e. The second-order valence-electron chi connectivity index (χ2n) is 24.4. The normalized spacial score (nSPS) is 17.6. The van der Waals surface area contributed by atoms with E-state index in [9.17, 15) is 51.4 Å².